The number of nitrogens with one attached hydrogen (secondary N) is 1. The van der Waals surface area contributed by atoms with Crippen molar-refractivity contribution in [1.82, 2.24) is 15.0 Å². The third kappa shape index (κ3) is 1.81. The zero-order chi connectivity index (χ0) is 13.4. The molecule has 0 unspecified atom stereocenters. The average Bonchev–Trinajstić information content (AvgIpc) is 2.82. The molecule has 0 aliphatic rings. The van der Waals surface area contributed by atoms with Crippen molar-refractivity contribution < 1.29 is 4.79 Å². The van der Waals surface area contributed by atoms with Crippen LogP contribution in [0.3, 0.4) is 0 Å². The van der Waals surface area contributed by atoms with E-state index in [9.17, 15) is 4.79 Å². The van der Waals surface area contributed by atoms with Crippen molar-refractivity contribution in [2.45, 2.75) is 13.8 Å². The summed E-state index contributed by atoms with van der Waals surface area (Å²) in [6, 6.07) is 7.99. The first kappa shape index (κ1) is 11.6. The standard InChI is InChI=1S/C15H13N3O/c1-9-5-3-4-6-12(9)14-17-10(2)13-11(8-19)7-16-15(13)18-14/h3-8H,1-2H3,(H,16,17,18). The van der Waals surface area contributed by atoms with Crippen molar-refractivity contribution in [2.75, 3.05) is 0 Å². The van der Waals surface area contributed by atoms with Crippen LogP contribution in [0.25, 0.3) is 22.4 Å². The Morgan fingerprint density at radius 2 is 1.95 bits per heavy atom. The predicted molar refractivity (Wildman–Crippen MR) is 74.2 cm³/mol. The number of benzene rings is 1. The second kappa shape index (κ2) is 4.31. The van der Waals surface area contributed by atoms with Gasteiger partial charge in [-0.2, -0.15) is 0 Å². The molecule has 0 saturated carbocycles. The molecular weight excluding hydrogens is 238 g/mol. The van der Waals surface area contributed by atoms with E-state index < -0.39 is 0 Å². The molecule has 2 heterocycles. The zero-order valence-corrected chi connectivity index (χ0v) is 10.8. The summed E-state index contributed by atoms with van der Waals surface area (Å²) in [6.45, 7) is 3.93. The average molecular weight is 251 g/mol. The molecule has 0 spiro atoms. The van der Waals surface area contributed by atoms with Gasteiger partial charge in [-0.15, -0.1) is 0 Å². The van der Waals surface area contributed by atoms with Crippen molar-refractivity contribution in [1.29, 1.82) is 0 Å². The lowest BCUT2D eigenvalue weighted by molar-refractivity contribution is 0.112. The van der Waals surface area contributed by atoms with Gasteiger partial charge in [-0.3, -0.25) is 4.79 Å². The summed E-state index contributed by atoms with van der Waals surface area (Å²) < 4.78 is 0. The second-order valence-electron chi connectivity index (χ2n) is 4.53. The van der Waals surface area contributed by atoms with Crippen molar-refractivity contribution in [3.63, 3.8) is 0 Å². The molecule has 2 aromatic heterocycles. The highest BCUT2D eigenvalue weighted by molar-refractivity contribution is 5.97. The SMILES string of the molecule is Cc1ccccc1-c1nc(C)c2c(C=O)c[nH]c2n1. The summed E-state index contributed by atoms with van der Waals surface area (Å²) in [5.74, 6) is 0.683. The molecule has 0 aliphatic carbocycles. The summed E-state index contributed by atoms with van der Waals surface area (Å²) in [7, 11) is 0. The zero-order valence-electron chi connectivity index (χ0n) is 10.8. The lowest BCUT2D eigenvalue weighted by Crippen LogP contribution is -1.95. The molecule has 0 saturated heterocycles. The number of fused-ring (bicyclic) bond motifs is 1. The van der Waals surface area contributed by atoms with Crippen LogP contribution in [0.2, 0.25) is 0 Å². The molecule has 0 bridgehead atoms. The van der Waals surface area contributed by atoms with E-state index in [1.165, 1.54) is 0 Å². The number of hydrogen-bond donors (Lipinski definition) is 1. The molecule has 94 valence electrons. The van der Waals surface area contributed by atoms with E-state index in [1.807, 2.05) is 38.1 Å². The molecule has 4 heteroatoms. The molecule has 0 fully saturated rings. The van der Waals surface area contributed by atoms with Crippen molar-refractivity contribution in [3.05, 3.63) is 47.3 Å². The Kier molecular flexibility index (Phi) is 2.63. The van der Waals surface area contributed by atoms with Gasteiger partial charge < -0.3 is 4.98 Å². The number of aldehydes is 1. The third-order valence-electron chi connectivity index (χ3n) is 3.26. The first-order valence-corrected chi connectivity index (χ1v) is 6.07. The van der Waals surface area contributed by atoms with Crippen LogP contribution >= 0.6 is 0 Å². The van der Waals surface area contributed by atoms with Gasteiger partial charge in [-0.1, -0.05) is 24.3 Å². The minimum Gasteiger partial charge on any atom is -0.345 e. The van der Waals surface area contributed by atoms with E-state index >= 15 is 0 Å². The fraction of sp³-hybridized carbons (Fsp3) is 0.133. The number of aromatic amines is 1. The van der Waals surface area contributed by atoms with Gasteiger partial charge in [0.15, 0.2) is 12.1 Å². The first-order chi connectivity index (χ1) is 9.20. The molecule has 0 amide bonds. The molecule has 3 aromatic rings. The third-order valence-corrected chi connectivity index (χ3v) is 3.26. The van der Waals surface area contributed by atoms with Crippen LogP contribution in [0.4, 0.5) is 0 Å². The van der Waals surface area contributed by atoms with Crippen LogP contribution in [-0.4, -0.2) is 21.2 Å². The lowest BCUT2D eigenvalue weighted by Gasteiger charge is -2.06. The quantitative estimate of drug-likeness (QED) is 0.712. The molecule has 1 N–H and O–H groups in total. The molecule has 0 atom stereocenters. The highest BCUT2D eigenvalue weighted by atomic mass is 16.1. The number of hydrogen-bond acceptors (Lipinski definition) is 3. The highest BCUT2D eigenvalue weighted by Crippen LogP contribution is 2.24. The maximum Gasteiger partial charge on any atom is 0.162 e. The molecule has 19 heavy (non-hydrogen) atoms. The number of aryl methyl sites for hydroxylation is 2. The molecular formula is C15H13N3O. The molecule has 1 aromatic carbocycles. The number of H-pyrrole nitrogens is 1. The topological polar surface area (TPSA) is 58.6 Å². The van der Waals surface area contributed by atoms with Gasteiger partial charge >= 0.3 is 0 Å². The fourth-order valence-electron chi connectivity index (χ4n) is 2.28. The number of aromatic nitrogens is 3. The minimum absolute atomic E-state index is 0.601. The van der Waals surface area contributed by atoms with Crippen LogP contribution in [0.1, 0.15) is 21.6 Å². The van der Waals surface area contributed by atoms with Gasteiger partial charge in [-0.25, -0.2) is 9.97 Å². The first-order valence-electron chi connectivity index (χ1n) is 6.07. The van der Waals surface area contributed by atoms with Crippen LogP contribution in [0.15, 0.2) is 30.5 Å². The number of carbonyl (C=O) groups is 1. The Bertz CT molecular complexity index is 774. The van der Waals surface area contributed by atoms with Gasteiger partial charge in [0.25, 0.3) is 0 Å². The van der Waals surface area contributed by atoms with Crippen molar-refractivity contribution in [2.24, 2.45) is 0 Å². The lowest BCUT2D eigenvalue weighted by atomic mass is 10.1. The summed E-state index contributed by atoms with van der Waals surface area (Å²) in [5, 5.41) is 0.798. The molecule has 4 nitrogen and oxygen atoms in total. The predicted octanol–water partition coefficient (Wildman–Crippen LogP) is 3.05. The van der Waals surface area contributed by atoms with Gasteiger partial charge in [0.05, 0.1) is 11.1 Å². The van der Waals surface area contributed by atoms with E-state index in [0.29, 0.717) is 17.0 Å². The van der Waals surface area contributed by atoms with Gasteiger partial charge in [0.1, 0.15) is 5.65 Å². The van der Waals surface area contributed by atoms with E-state index in [2.05, 4.69) is 15.0 Å². The van der Waals surface area contributed by atoms with Crippen molar-refractivity contribution >= 4 is 17.3 Å². The Morgan fingerprint density at radius 1 is 1.16 bits per heavy atom. The Morgan fingerprint density at radius 3 is 2.68 bits per heavy atom. The second-order valence-corrected chi connectivity index (χ2v) is 4.53. The maximum absolute atomic E-state index is 11.0. The van der Waals surface area contributed by atoms with E-state index in [4.69, 9.17) is 0 Å². The van der Waals surface area contributed by atoms with Gasteiger partial charge in [-0.05, 0) is 19.4 Å². The highest BCUT2D eigenvalue weighted by Gasteiger charge is 2.12. The van der Waals surface area contributed by atoms with E-state index in [-0.39, 0.29) is 0 Å². The Balaban J connectivity index is 2.28. The van der Waals surface area contributed by atoms with Crippen LogP contribution in [-0.2, 0) is 0 Å². The van der Waals surface area contributed by atoms with Gasteiger partial charge in [0, 0.05) is 17.3 Å². The van der Waals surface area contributed by atoms with Crippen LogP contribution < -0.4 is 0 Å². The summed E-state index contributed by atoms with van der Waals surface area (Å²) in [6.07, 6.45) is 2.49. The molecule has 0 aliphatic heterocycles. The fourth-order valence-corrected chi connectivity index (χ4v) is 2.28. The normalized spacial score (nSPS) is 10.8. The Hall–Kier alpha value is -2.49. The molecule has 0 radical (unpaired) electrons. The van der Waals surface area contributed by atoms with Crippen LogP contribution in [0.5, 0.6) is 0 Å². The number of rotatable bonds is 2. The van der Waals surface area contributed by atoms with Crippen molar-refractivity contribution in [3.8, 4) is 11.4 Å². The summed E-state index contributed by atoms with van der Waals surface area (Å²) in [5.41, 5.74) is 4.25. The smallest absolute Gasteiger partial charge is 0.162 e. The Labute approximate surface area is 110 Å². The van der Waals surface area contributed by atoms with Crippen LogP contribution in [0, 0.1) is 13.8 Å². The number of carbonyl (C=O) groups excluding carboxylic acids is 1. The maximum atomic E-state index is 11.0. The van der Waals surface area contributed by atoms with E-state index in [0.717, 1.165) is 28.5 Å². The van der Waals surface area contributed by atoms with E-state index in [1.54, 1.807) is 6.20 Å². The largest absolute Gasteiger partial charge is 0.345 e. The summed E-state index contributed by atoms with van der Waals surface area (Å²) >= 11 is 0. The minimum atomic E-state index is 0.601. The monoisotopic (exact) mass is 251 g/mol. The van der Waals surface area contributed by atoms with Gasteiger partial charge in [0.2, 0.25) is 0 Å². The summed E-state index contributed by atoms with van der Waals surface area (Å²) in [4.78, 5) is 23.0. The number of nitrogens with zero attached hydrogens (tertiary/aromatic N) is 2. The molecule has 3 rings (SSSR count).